The first kappa shape index (κ1) is 17.8. The second-order valence-corrected chi connectivity index (χ2v) is 3.58. The Morgan fingerprint density at radius 3 is 2.00 bits per heavy atom. The Kier molecular flexibility index (Phi) is 10.9. The summed E-state index contributed by atoms with van der Waals surface area (Å²) in [4.78, 5) is 1.47. The van der Waals surface area contributed by atoms with Crippen LogP contribution in [-0.4, -0.2) is 31.4 Å². The van der Waals surface area contributed by atoms with Crippen LogP contribution in [0.3, 0.4) is 0 Å². The van der Waals surface area contributed by atoms with Crippen molar-refractivity contribution in [2.24, 2.45) is 5.92 Å². The van der Waals surface area contributed by atoms with E-state index in [4.69, 9.17) is 0 Å². The molecule has 0 aliphatic heterocycles. The molecule has 6 heteroatoms. The summed E-state index contributed by atoms with van der Waals surface area (Å²) in [7, 11) is 0. The third-order valence-electron chi connectivity index (χ3n) is 2.18. The van der Waals surface area contributed by atoms with Gasteiger partial charge in [0.1, 0.15) is 0 Å². The molecule has 0 fully saturated rings. The summed E-state index contributed by atoms with van der Waals surface area (Å²) >= 11 is 0. The smallest absolute Gasteiger partial charge is 0.448 e. The number of hydrogen-bond acceptors (Lipinski definition) is 1. The molecule has 0 aliphatic carbocycles. The van der Waals surface area contributed by atoms with Crippen molar-refractivity contribution in [3.63, 3.8) is 0 Å². The molecule has 0 saturated heterocycles. The molecule has 1 nitrogen and oxygen atoms in total. The molecule has 0 bridgehead atoms. The third-order valence-corrected chi connectivity index (χ3v) is 2.18. The number of rotatable bonds is 6. The largest absolute Gasteiger partial charge is 1.00 e. The maximum atomic E-state index is 12.1. The van der Waals surface area contributed by atoms with Crippen LogP contribution in [0.25, 0.3) is 0 Å². The molecule has 0 amide bonds. The van der Waals surface area contributed by atoms with Crippen molar-refractivity contribution in [3.05, 3.63) is 0 Å². The fraction of sp³-hybridized carbons (Fsp3) is 1.00. The van der Waals surface area contributed by atoms with Crippen LogP contribution < -0.4 is 51.4 Å². The van der Waals surface area contributed by atoms with E-state index in [2.05, 4.69) is 0 Å². The SMILES string of the molecule is CCC(C)CN(CC)C[B-](F)(F)F.[K+]. The minimum atomic E-state index is -4.66. The summed E-state index contributed by atoms with van der Waals surface area (Å²) in [5, 5.41) is 0. The van der Waals surface area contributed by atoms with Crippen LogP contribution in [-0.2, 0) is 0 Å². The standard InChI is InChI=1S/C8H18BF3N.K/c1-4-8(3)6-13(5-2)7-9(10,11)12;/h8H,4-7H2,1-3H3;/q-1;+1. The quantitative estimate of drug-likeness (QED) is 0.574. The van der Waals surface area contributed by atoms with Crippen LogP contribution in [0.15, 0.2) is 0 Å². The molecule has 1 atom stereocenters. The second kappa shape index (κ2) is 8.59. The predicted molar refractivity (Wildman–Crippen MR) is 50.6 cm³/mol. The summed E-state index contributed by atoms with van der Waals surface area (Å²) in [6.45, 7) is 2.11. The summed E-state index contributed by atoms with van der Waals surface area (Å²) in [5.41, 5.74) is 0. The maximum absolute atomic E-state index is 12.1. The molecule has 0 rings (SSSR count). The average molecular weight is 235 g/mol. The van der Waals surface area contributed by atoms with E-state index in [9.17, 15) is 12.9 Å². The Bertz CT molecular complexity index is 143. The van der Waals surface area contributed by atoms with Gasteiger partial charge >= 0.3 is 58.4 Å². The van der Waals surface area contributed by atoms with Crippen LogP contribution in [0.1, 0.15) is 27.2 Å². The minimum absolute atomic E-state index is 0. The molecular formula is C8H18BF3KN. The van der Waals surface area contributed by atoms with Crippen LogP contribution in [0, 0.1) is 5.92 Å². The van der Waals surface area contributed by atoms with E-state index in [-0.39, 0.29) is 51.4 Å². The molecule has 14 heavy (non-hydrogen) atoms. The molecule has 0 aromatic heterocycles. The van der Waals surface area contributed by atoms with Gasteiger partial charge in [-0.3, -0.25) is 0 Å². The van der Waals surface area contributed by atoms with Gasteiger partial charge in [0.05, 0.1) is 0 Å². The maximum Gasteiger partial charge on any atom is 1.00 e. The van der Waals surface area contributed by atoms with Crippen molar-refractivity contribution in [3.8, 4) is 0 Å². The van der Waals surface area contributed by atoms with Gasteiger partial charge in [-0.05, 0) is 25.5 Å². The average Bonchev–Trinajstić information content (AvgIpc) is 2.00. The Hall–Kier alpha value is 1.45. The van der Waals surface area contributed by atoms with Gasteiger partial charge in [0.25, 0.3) is 0 Å². The molecule has 0 aromatic carbocycles. The Balaban J connectivity index is 0. The fourth-order valence-corrected chi connectivity index (χ4v) is 1.20. The number of nitrogens with zero attached hydrogens (tertiary/aromatic N) is 1. The normalized spacial score (nSPS) is 13.9. The zero-order chi connectivity index (χ0) is 10.5. The van der Waals surface area contributed by atoms with Crippen molar-refractivity contribution >= 4 is 6.98 Å². The molecule has 1 unspecified atom stereocenters. The van der Waals surface area contributed by atoms with Crippen LogP contribution in [0.5, 0.6) is 0 Å². The second-order valence-electron chi connectivity index (χ2n) is 3.58. The van der Waals surface area contributed by atoms with Crippen molar-refractivity contribution in [1.29, 1.82) is 0 Å². The van der Waals surface area contributed by atoms with Crippen LogP contribution >= 0.6 is 0 Å². The van der Waals surface area contributed by atoms with E-state index in [1.54, 1.807) is 6.92 Å². The summed E-state index contributed by atoms with van der Waals surface area (Å²) in [6, 6.07) is 0. The van der Waals surface area contributed by atoms with Gasteiger partial charge < -0.3 is 17.8 Å². The fourth-order valence-electron chi connectivity index (χ4n) is 1.20. The molecule has 0 N–H and O–H groups in total. The van der Waals surface area contributed by atoms with Gasteiger partial charge in [-0.1, -0.05) is 27.2 Å². The minimum Gasteiger partial charge on any atom is -0.448 e. The van der Waals surface area contributed by atoms with Gasteiger partial charge in [-0.25, -0.2) is 0 Å². The first-order chi connectivity index (χ1) is 5.89. The van der Waals surface area contributed by atoms with Crippen molar-refractivity contribution < 1.29 is 64.3 Å². The summed E-state index contributed by atoms with van der Waals surface area (Å²) in [5.74, 6) is 0.345. The van der Waals surface area contributed by atoms with Gasteiger partial charge in [0, 0.05) is 0 Å². The van der Waals surface area contributed by atoms with E-state index < -0.39 is 13.4 Å². The monoisotopic (exact) mass is 235 g/mol. The van der Waals surface area contributed by atoms with E-state index in [1.165, 1.54) is 4.90 Å². The zero-order valence-corrected chi connectivity index (χ0v) is 12.7. The molecule has 0 aromatic rings. The molecule has 0 heterocycles. The van der Waals surface area contributed by atoms with Crippen LogP contribution in [0.4, 0.5) is 12.9 Å². The Morgan fingerprint density at radius 1 is 1.21 bits per heavy atom. The van der Waals surface area contributed by atoms with Gasteiger partial charge in [-0.2, -0.15) is 0 Å². The third kappa shape index (κ3) is 9.99. The summed E-state index contributed by atoms with van der Waals surface area (Å²) < 4.78 is 36.2. The molecule has 0 saturated carbocycles. The number of halogens is 3. The molecule has 0 radical (unpaired) electrons. The topological polar surface area (TPSA) is 3.24 Å². The van der Waals surface area contributed by atoms with Gasteiger partial charge in [0.2, 0.25) is 0 Å². The summed E-state index contributed by atoms with van der Waals surface area (Å²) in [6.07, 6.45) is 0.211. The Morgan fingerprint density at radius 2 is 1.71 bits per heavy atom. The molecular weight excluding hydrogens is 217 g/mol. The predicted octanol–water partition coefficient (Wildman–Crippen LogP) is -0.255. The van der Waals surface area contributed by atoms with E-state index in [1.807, 2.05) is 13.8 Å². The molecule has 0 aliphatic rings. The van der Waals surface area contributed by atoms with E-state index in [0.29, 0.717) is 19.0 Å². The van der Waals surface area contributed by atoms with E-state index in [0.717, 1.165) is 6.42 Å². The zero-order valence-electron chi connectivity index (χ0n) is 9.56. The number of hydrogen-bond donors (Lipinski definition) is 0. The van der Waals surface area contributed by atoms with Crippen LogP contribution in [0.2, 0.25) is 0 Å². The first-order valence-corrected chi connectivity index (χ1v) is 4.82. The molecule has 80 valence electrons. The van der Waals surface area contributed by atoms with E-state index >= 15 is 0 Å². The van der Waals surface area contributed by atoms with Crippen molar-refractivity contribution in [2.45, 2.75) is 27.2 Å². The van der Waals surface area contributed by atoms with Crippen molar-refractivity contribution in [1.82, 2.24) is 4.90 Å². The van der Waals surface area contributed by atoms with Gasteiger partial charge in [0.15, 0.2) is 0 Å². The van der Waals surface area contributed by atoms with Gasteiger partial charge in [-0.15, -0.1) is 0 Å². The molecule has 0 spiro atoms. The Labute approximate surface area is 127 Å². The first-order valence-electron chi connectivity index (χ1n) is 4.82. The van der Waals surface area contributed by atoms with Crippen molar-refractivity contribution in [2.75, 3.05) is 19.5 Å².